The van der Waals surface area contributed by atoms with Gasteiger partial charge in [-0.2, -0.15) is 0 Å². The first-order valence-corrected chi connectivity index (χ1v) is 6.64. The number of hydrogen-bond donors (Lipinski definition) is 1. The van der Waals surface area contributed by atoms with Gasteiger partial charge in [-0.3, -0.25) is 4.79 Å². The molecule has 106 valence electrons. The summed E-state index contributed by atoms with van der Waals surface area (Å²) < 4.78 is 10.3. The van der Waals surface area contributed by atoms with E-state index < -0.39 is 6.04 Å². The maximum absolute atomic E-state index is 11.6. The van der Waals surface area contributed by atoms with E-state index in [9.17, 15) is 4.79 Å². The maximum atomic E-state index is 11.6. The van der Waals surface area contributed by atoms with Gasteiger partial charge in [0.05, 0.1) is 13.7 Å². The van der Waals surface area contributed by atoms with Crippen LogP contribution in [-0.2, 0) is 16.0 Å². The SMILES string of the molecule is CCOC(=O)C(N)Cc1ccc(OC)c2ccccc12. The van der Waals surface area contributed by atoms with Crippen LogP contribution < -0.4 is 10.5 Å². The van der Waals surface area contributed by atoms with Crippen LogP contribution in [0, 0.1) is 0 Å². The van der Waals surface area contributed by atoms with E-state index in [1.54, 1.807) is 14.0 Å². The first-order valence-electron chi connectivity index (χ1n) is 6.64. The van der Waals surface area contributed by atoms with Crippen molar-refractivity contribution in [2.75, 3.05) is 13.7 Å². The molecule has 0 aliphatic carbocycles. The van der Waals surface area contributed by atoms with Gasteiger partial charge in [-0.1, -0.05) is 30.3 Å². The molecular weight excluding hydrogens is 254 g/mol. The van der Waals surface area contributed by atoms with Crippen LogP contribution in [0.4, 0.5) is 0 Å². The Balaban J connectivity index is 2.33. The topological polar surface area (TPSA) is 61.5 Å². The lowest BCUT2D eigenvalue weighted by Gasteiger charge is -2.14. The second-order valence-electron chi connectivity index (χ2n) is 4.54. The Bertz CT molecular complexity index is 610. The first-order chi connectivity index (χ1) is 9.67. The second-order valence-corrected chi connectivity index (χ2v) is 4.54. The highest BCUT2D eigenvalue weighted by molar-refractivity contribution is 5.91. The van der Waals surface area contributed by atoms with Crippen molar-refractivity contribution in [1.82, 2.24) is 0 Å². The number of rotatable bonds is 5. The Morgan fingerprint density at radius 2 is 1.90 bits per heavy atom. The molecule has 0 aromatic heterocycles. The van der Waals surface area contributed by atoms with Gasteiger partial charge < -0.3 is 15.2 Å². The molecule has 4 nitrogen and oxygen atoms in total. The molecule has 1 unspecified atom stereocenters. The Hall–Kier alpha value is -2.07. The summed E-state index contributed by atoms with van der Waals surface area (Å²) in [4.78, 5) is 11.6. The summed E-state index contributed by atoms with van der Waals surface area (Å²) in [5, 5.41) is 2.06. The number of esters is 1. The molecule has 0 amide bonds. The van der Waals surface area contributed by atoms with Crippen molar-refractivity contribution in [3.05, 3.63) is 42.0 Å². The lowest BCUT2D eigenvalue weighted by atomic mass is 9.98. The van der Waals surface area contributed by atoms with Crippen LogP contribution in [0.3, 0.4) is 0 Å². The van der Waals surface area contributed by atoms with Gasteiger partial charge >= 0.3 is 5.97 Å². The zero-order valence-electron chi connectivity index (χ0n) is 11.8. The Labute approximate surface area is 118 Å². The van der Waals surface area contributed by atoms with Crippen LogP contribution in [0.5, 0.6) is 5.75 Å². The van der Waals surface area contributed by atoms with Crippen molar-refractivity contribution < 1.29 is 14.3 Å². The summed E-state index contributed by atoms with van der Waals surface area (Å²) in [6.07, 6.45) is 0.448. The lowest BCUT2D eigenvalue weighted by Crippen LogP contribution is -2.34. The summed E-state index contributed by atoms with van der Waals surface area (Å²) in [6, 6.07) is 11.1. The molecule has 2 aromatic carbocycles. The van der Waals surface area contributed by atoms with Gasteiger partial charge in [-0.25, -0.2) is 0 Å². The molecule has 0 saturated carbocycles. The van der Waals surface area contributed by atoms with E-state index in [1.807, 2.05) is 36.4 Å². The molecule has 0 fully saturated rings. The fourth-order valence-corrected chi connectivity index (χ4v) is 2.26. The van der Waals surface area contributed by atoms with Gasteiger partial charge in [-0.15, -0.1) is 0 Å². The minimum atomic E-state index is -0.647. The summed E-state index contributed by atoms with van der Waals surface area (Å²) in [7, 11) is 1.64. The second kappa shape index (κ2) is 6.39. The van der Waals surface area contributed by atoms with Crippen LogP contribution in [0.2, 0.25) is 0 Å². The minimum Gasteiger partial charge on any atom is -0.496 e. The number of benzene rings is 2. The van der Waals surface area contributed by atoms with Gasteiger partial charge in [0.2, 0.25) is 0 Å². The molecule has 1 atom stereocenters. The smallest absolute Gasteiger partial charge is 0.323 e. The minimum absolute atomic E-state index is 0.343. The van der Waals surface area contributed by atoms with Crippen LogP contribution in [0.25, 0.3) is 10.8 Å². The third-order valence-corrected chi connectivity index (χ3v) is 3.22. The molecule has 20 heavy (non-hydrogen) atoms. The summed E-state index contributed by atoms with van der Waals surface area (Å²) in [5.41, 5.74) is 6.91. The van der Waals surface area contributed by atoms with Crippen molar-refractivity contribution in [1.29, 1.82) is 0 Å². The molecule has 0 radical (unpaired) electrons. The molecule has 0 spiro atoms. The maximum Gasteiger partial charge on any atom is 0.323 e. The zero-order valence-corrected chi connectivity index (χ0v) is 11.8. The highest BCUT2D eigenvalue weighted by Gasteiger charge is 2.17. The van der Waals surface area contributed by atoms with E-state index in [1.165, 1.54) is 0 Å². The largest absolute Gasteiger partial charge is 0.496 e. The molecule has 0 heterocycles. The van der Waals surface area contributed by atoms with Crippen molar-refractivity contribution in [3.8, 4) is 5.75 Å². The number of methoxy groups -OCH3 is 1. The van der Waals surface area contributed by atoms with E-state index in [-0.39, 0.29) is 5.97 Å². The van der Waals surface area contributed by atoms with Crippen LogP contribution in [0.15, 0.2) is 36.4 Å². The first kappa shape index (κ1) is 14.3. The third-order valence-electron chi connectivity index (χ3n) is 3.22. The number of hydrogen-bond acceptors (Lipinski definition) is 4. The van der Waals surface area contributed by atoms with E-state index in [0.717, 1.165) is 22.1 Å². The summed E-state index contributed by atoms with van der Waals surface area (Å²) in [5.74, 6) is 0.446. The Morgan fingerprint density at radius 1 is 1.20 bits per heavy atom. The highest BCUT2D eigenvalue weighted by atomic mass is 16.5. The quantitative estimate of drug-likeness (QED) is 0.849. The summed E-state index contributed by atoms with van der Waals surface area (Å²) in [6.45, 7) is 2.11. The molecule has 2 aromatic rings. The average molecular weight is 273 g/mol. The van der Waals surface area contributed by atoms with E-state index in [4.69, 9.17) is 15.2 Å². The van der Waals surface area contributed by atoms with E-state index >= 15 is 0 Å². The Kier molecular flexibility index (Phi) is 4.58. The number of carbonyl (C=O) groups excluding carboxylic acids is 1. The highest BCUT2D eigenvalue weighted by Crippen LogP contribution is 2.28. The van der Waals surface area contributed by atoms with Gasteiger partial charge in [0.15, 0.2) is 0 Å². The van der Waals surface area contributed by atoms with Crippen molar-refractivity contribution in [3.63, 3.8) is 0 Å². The van der Waals surface area contributed by atoms with Crippen LogP contribution >= 0.6 is 0 Å². The summed E-state index contributed by atoms with van der Waals surface area (Å²) >= 11 is 0. The molecule has 0 aliphatic heterocycles. The molecule has 2 rings (SSSR count). The van der Waals surface area contributed by atoms with E-state index in [0.29, 0.717) is 13.0 Å². The van der Waals surface area contributed by atoms with Crippen molar-refractivity contribution in [2.24, 2.45) is 5.73 Å². The molecule has 4 heteroatoms. The number of fused-ring (bicyclic) bond motifs is 1. The predicted octanol–water partition coefficient (Wildman–Crippen LogP) is 2.28. The molecule has 0 saturated heterocycles. The fourth-order valence-electron chi connectivity index (χ4n) is 2.26. The number of nitrogens with two attached hydrogens (primary N) is 1. The molecule has 0 aliphatic rings. The zero-order chi connectivity index (χ0) is 14.5. The molecular formula is C16H19NO3. The fraction of sp³-hybridized carbons (Fsp3) is 0.312. The third kappa shape index (κ3) is 2.91. The van der Waals surface area contributed by atoms with Crippen LogP contribution in [0.1, 0.15) is 12.5 Å². The van der Waals surface area contributed by atoms with Gasteiger partial charge in [0, 0.05) is 5.39 Å². The number of ether oxygens (including phenoxy) is 2. The average Bonchev–Trinajstić information content (AvgIpc) is 2.47. The lowest BCUT2D eigenvalue weighted by molar-refractivity contribution is -0.144. The number of carbonyl (C=O) groups is 1. The van der Waals surface area contributed by atoms with Crippen molar-refractivity contribution in [2.45, 2.75) is 19.4 Å². The van der Waals surface area contributed by atoms with E-state index in [2.05, 4.69) is 0 Å². The van der Waals surface area contributed by atoms with Gasteiger partial charge in [0.1, 0.15) is 11.8 Å². The van der Waals surface area contributed by atoms with Crippen LogP contribution in [-0.4, -0.2) is 25.7 Å². The monoisotopic (exact) mass is 273 g/mol. The molecule has 2 N–H and O–H groups in total. The standard InChI is InChI=1S/C16H19NO3/c1-3-20-16(18)14(17)10-11-8-9-15(19-2)13-7-5-4-6-12(11)13/h4-9,14H,3,10,17H2,1-2H3. The van der Waals surface area contributed by atoms with Gasteiger partial charge in [0.25, 0.3) is 0 Å². The Morgan fingerprint density at radius 3 is 2.55 bits per heavy atom. The normalized spacial score (nSPS) is 12.2. The van der Waals surface area contributed by atoms with Crippen molar-refractivity contribution >= 4 is 16.7 Å². The molecule has 0 bridgehead atoms. The predicted molar refractivity (Wildman–Crippen MR) is 78.8 cm³/mol. The van der Waals surface area contributed by atoms with Gasteiger partial charge in [-0.05, 0) is 30.4 Å².